The number of carbonyl (C=O) groups is 2. The number of nitrogens with zero attached hydrogens (tertiary/aromatic N) is 2. The summed E-state index contributed by atoms with van der Waals surface area (Å²) in [6, 6.07) is 15.2. The number of carbonyl (C=O) groups excluding carboxylic acids is 2. The van der Waals surface area contributed by atoms with E-state index in [1.807, 2.05) is 42.5 Å². The quantitative estimate of drug-likeness (QED) is 0.566. The highest BCUT2D eigenvalue weighted by atomic mass is 79.9. The molecule has 6 heteroatoms. The van der Waals surface area contributed by atoms with E-state index in [9.17, 15) is 9.59 Å². The minimum Gasteiger partial charge on any atom is -0.356 e. The highest BCUT2D eigenvalue weighted by molar-refractivity contribution is 9.10. The molecule has 0 saturated carbocycles. The molecule has 29 heavy (non-hydrogen) atoms. The molecule has 1 saturated heterocycles. The Balaban J connectivity index is 1.69. The Morgan fingerprint density at radius 3 is 2.69 bits per heavy atom. The third-order valence-electron chi connectivity index (χ3n) is 6.04. The van der Waals surface area contributed by atoms with Crippen LogP contribution in [0.1, 0.15) is 42.6 Å². The highest BCUT2D eigenvalue weighted by Crippen LogP contribution is 2.44. The van der Waals surface area contributed by atoms with E-state index < -0.39 is 6.04 Å². The van der Waals surface area contributed by atoms with E-state index in [1.54, 1.807) is 4.90 Å². The number of nitrogens with one attached hydrogen (secondary N) is 1. The number of H-pyrrole nitrogens is 1. The van der Waals surface area contributed by atoms with Crippen molar-refractivity contribution in [2.24, 2.45) is 0 Å². The number of hydrogen-bond acceptors (Lipinski definition) is 2. The number of rotatable bonds is 4. The molecular weight excluding hydrogens is 430 g/mol. The molecule has 0 unspecified atom stereocenters. The molecule has 0 bridgehead atoms. The molecule has 1 aromatic heterocycles. The fourth-order valence-electron chi connectivity index (χ4n) is 4.65. The molecule has 1 N–H and O–H groups in total. The first kappa shape index (κ1) is 18.4. The van der Waals surface area contributed by atoms with Crippen LogP contribution in [-0.4, -0.2) is 39.3 Å². The van der Waals surface area contributed by atoms with Gasteiger partial charge in [0.25, 0.3) is 5.91 Å². The van der Waals surface area contributed by atoms with Crippen molar-refractivity contribution in [3.63, 3.8) is 0 Å². The van der Waals surface area contributed by atoms with Crippen molar-refractivity contribution < 1.29 is 9.59 Å². The average Bonchev–Trinajstić information content (AvgIpc) is 3.21. The summed E-state index contributed by atoms with van der Waals surface area (Å²) < 4.78 is 1.00. The fraction of sp³-hybridized carbons (Fsp3) is 0.304. The lowest BCUT2D eigenvalue weighted by Crippen LogP contribution is -2.44. The van der Waals surface area contributed by atoms with Gasteiger partial charge in [-0.1, -0.05) is 59.6 Å². The van der Waals surface area contributed by atoms with Gasteiger partial charge in [-0.3, -0.25) is 14.6 Å². The summed E-state index contributed by atoms with van der Waals surface area (Å²) in [6.45, 7) is 2.56. The van der Waals surface area contributed by atoms with Gasteiger partial charge in [0.05, 0.1) is 0 Å². The number of hydrogen-bond donors (Lipinski definition) is 1. The van der Waals surface area contributed by atoms with Gasteiger partial charge >= 0.3 is 6.03 Å². The summed E-state index contributed by atoms with van der Waals surface area (Å²) in [5.41, 5.74) is 4.19. The second kappa shape index (κ2) is 7.02. The zero-order valence-corrected chi connectivity index (χ0v) is 17.8. The van der Waals surface area contributed by atoms with E-state index in [1.165, 1.54) is 4.90 Å². The van der Waals surface area contributed by atoms with Crippen LogP contribution in [0.3, 0.4) is 0 Å². The van der Waals surface area contributed by atoms with Gasteiger partial charge in [0, 0.05) is 34.0 Å². The topological polar surface area (TPSA) is 56.4 Å². The van der Waals surface area contributed by atoms with Crippen molar-refractivity contribution in [3.8, 4) is 0 Å². The number of amides is 3. The summed E-state index contributed by atoms with van der Waals surface area (Å²) >= 11 is 3.57. The molecule has 0 radical (unpaired) electrons. The molecular formula is C23H22BrN3O2. The van der Waals surface area contributed by atoms with Crippen LogP contribution >= 0.6 is 15.9 Å². The van der Waals surface area contributed by atoms with E-state index in [2.05, 4.69) is 33.9 Å². The lowest BCUT2D eigenvalue weighted by molar-refractivity contribution is -0.128. The van der Waals surface area contributed by atoms with Crippen molar-refractivity contribution >= 4 is 38.8 Å². The standard InChI is InChI=1S/C23H22BrN3O2/c1-2-3-11-26-22(28)19-13-17-16-12-15(24)9-10-18(16)25-20(17)21(27(19)23(26)29)14-7-5-4-6-8-14/h4-10,12,19,21,25H,2-3,11,13H2,1H3/t19-,21-/m0/s1. The first-order chi connectivity index (χ1) is 14.1. The molecule has 2 aromatic carbocycles. The molecule has 0 aliphatic carbocycles. The number of aromatic nitrogens is 1. The molecule has 5 nitrogen and oxygen atoms in total. The molecule has 3 aromatic rings. The van der Waals surface area contributed by atoms with Gasteiger partial charge in [-0.2, -0.15) is 0 Å². The number of urea groups is 1. The van der Waals surface area contributed by atoms with Crippen LogP contribution < -0.4 is 0 Å². The van der Waals surface area contributed by atoms with Gasteiger partial charge < -0.3 is 4.98 Å². The molecule has 0 spiro atoms. The molecule has 3 amide bonds. The summed E-state index contributed by atoms with van der Waals surface area (Å²) in [6.07, 6.45) is 2.32. The average molecular weight is 452 g/mol. The van der Waals surface area contributed by atoms with E-state index in [4.69, 9.17) is 0 Å². The Labute approximate surface area is 177 Å². The monoisotopic (exact) mass is 451 g/mol. The van der Waals surface area contributed by atoms with Crippen LogP contribution in [0.5, 0.6) is 0 Å². The van der Waals surface area contributed by atoms with E-state index in [-0.39, 0.29) is 18.0 Å². The van der Waals surface area contributed by atoms with Gasteiger partial charge in [-0.15, -0.1) is 0 Å². The predicted molar refractivity (Wildman–Crippen MR) is 116 cm³/mol. The number of imide groups is 1. The molecule has 148 valence electrons. The van der Waals surface area contributed by atoms with Crippen LogP contribution in [0.2, 0.25) is 0 Å². The van der Waals surface area contributed by atoms with Gasteiger partial charge in [-0.25, -0.2) is 4.79 Å². The molecule has 2 aliphatic heterocycles. The lowest BCUT2D eigenvalue weighted by Gasteiger charge is -2.36. The number of aromatic amines is 1. The molecule has 3 heterocycles. The zero-order valence-electron chi connectivity index (χ0n) is 16.2. The van der Waals surface area contributed by atoms with Gasteiger partial charge in [0.1, 0.15) is 12.1 Å². The summed E-state index contributed by atoms with van der Waals surface area (Å²) in [4.78, 5) is 33.3. The normalized spacial score (nSPS) is 21.0. The van der Waals surface area contributed by atoms with Crippen molar-refractivity contribution in [3.05, 3.63) is 69.8 Å². The maximum absolute atomic E-state index is 13.3. The summed E-state index contributed by atoms with van der Waals surface area (Å²) in [5, 5.41) is 1.11. The maximum Gasteiger partial charge on any atom is 0.328 e. The second-order valence-corrected chi connectivity index (χ2v) is 8.69. The number of benzene rings is 2. The third kappa shape index (κ3) is 2.81. The Morgan fingerprint density at radius 1 is 1.14 bits per heavy atom. The van der Waals surface area contributed by atoms with Crippen LogP contribution in [0.25, 0.3) is 10.9 Å². The molecule has 5 rings (SSSR count). The van der Waals surface area contributed by atoms with Crippen molar-refractivity contribution in [1.29, 1.82) is 0 Å². The van der Waals surface area contributed by atoms with Crippen LogP contribution in [0.4, 0.5) is 4.79 Å². The number of unbranched alkanes of at least 4 members (excludes halogenated alkanes) is 1. The van der Waals surface area contributed by atoms with Gasteiger partial charge in [-0.05, 0) is 35.7 Å². The second-order valence-electron chi connectivity index (χ2n) is 7.77. The summed E-state index contributed by atoms with van der Waals surface area (Å²) in [7, 11) is 0. The smallest absolute Gasteiger partial charge is 0.328 e. The molecule has 1 fully saturated rings. The van der Waals surface area contributed by atoms with E-state index in [0.717, 1.165) is 45.0 Å². The first-order valence-electron chi connectivity index (χ1n) is 10.1. The van der Waals surface area contributed by atoms with Crippen molar-refractivity contribution in [2.75, 3.05) is 6.54 Å². The van der Waals surface area contributed by atoms with Crippen molar-refractivity contribution in [2.45, 2.75) is 38.3 Å². The largest absolute Gasteiger partial charge is 0.356 e. The number of fused-ring (bicyclic) bond motifs is 4. The Hall–Kier alpha value is -2.60. The number of halogens is 1. The Bertz CT molecular complexity index is 1110. The van der Waals surface area contributed by atoms with Crippen LogP contribution in [-0.2, 0) is 11.2 Å². The van der Waals surface area contributed by atoms with Crippen LogP contribution in [0, 0.1) is 0 Å². The third-order valence-corrected chi connectivity index (χ3v) is 6.53. The lowest BCUT2D eigenvalue weighted by atomic mass is 9.89. The molecule has 2 aliphatic rings. The van der Waals surface area contributed by atoms with Gasteiger partial charge in [0.15, 0.2) is 0 Å². The Kier molecular flexibility index (Phi) is 4.46. The zero-order chi connectivity index (χ0) is 20.1. The maximum atomic E-state index is 13.3. The van der Waals surface area contributed by atoms with Gasteiger partial charge in [0.2, 0.25) is 0 Å². The van der Waals surface area contributed by atoms with E-state index in [0.29, 0.717) is 13.0 Å². The minimum atomic E-state index is -0.449. The molecule has 2 atom stereocenters. The Morgan fingerprint density at radius 2 is 1.93 bits per heavy atom. The predicted octanol–water partition coefficient (Wildman–Crippen LogP) is 5.01. The highest BCUT2D eigenvalue weighted by Gasteiger charge is 2.52. The SMILES string of the molecule is CCCCN1C(=O)[C@@H]2Cc3c([nH]c4ccc(Br)cc34)[C@H](c3ccccc3)N2C1=O. The fourth-order valence-corrected chi connectivity index (χ4v) is 5.01. The van der Waals surface area contributed by atoms with Crippen LogP contribution in [0.15, 0.2) is 53.0 Å². The first-order valence-corrected chi connectivity index (χ1v) is 10.9. The minimum absolute atomic E-state index is 0.0700. The summed E-state index contributed by atoms with van der Waals surface area (Å²) in [5.74, 6) is -0.0700. The van der Waals surface area contributed by atoms with E-state index >= 15 is 0 Å². The van der Waals surface area contributed by atoms with Crippen molar-refractivity contribution in [1.82, 2.24) is 14.8 Å².